The van der Waals surface area contributed by atoms with Gasteiger partial charge in [-0.2, -0.15) is 0 Å². The van der Waals surface area contributed by atoms with Crippen molar-refractivity contribution >= 4 is 28.1 Å². The summed E-state index contributed by atoms with van der Waals surface area (Å²) in [7, 11) is -3.47. The lowest BCUT2D eigenvalue weighted by molar-refractivity contribution is -0.147. The van der Waals surface area contributed by atoms with Gasteiger partial charge in [-0.25, -0.2) is 0 Å². The van der Waals surface area contributed by atoms with E-state index in [1.165, 1.54) is 0 Å². The molecule has 0 heterocycles. The zero-order valence-electron chi connectivity index (χ0n) is 16.4. The molecule has 0 amide bonds. The molecule has 0 aromatic rings. The van der Waals surface area contributed by atoms with Gasteiger partial charge in [0, 0.05) is 0 Å². The topological polar surface area (TPSA) is 52.6 Å². The van der Waals surface area contributed by atoms with Crippen molar-refractivity contribution < 1.29 is 19.1 Å². The molecule has 0 aromatic carbocycles. The number of hydrogen-bond acceptors (Lipinski definition) is 4. The molecule has 6 heteroatoms. The average Bonchev–Trinajstić information content (AvgIpc) is 3.18. The Kier molecular flexibility index (Phi) is 3.76. The van der Waals surface area contributed by atoms with Gasteiger partial charge in [0.1, 0.15) is 0 Å². The van der Waals surface area contributed by atoms with Crippen molar-refractivity contribution in [2.24, 2.45) is 23.7 Å². The fourth-order valence-electron chi connectivity index (χ4n) is 6.42. The first-order valence-corrected chi connectivity index (χ1v) is 16.3. The van der Waals surface area contributed by atoms with E-state index in [9.17, 15) is 9.59 Å². The molecule has 0 unspecified atom stereocenters. The predicted octanol–water partition coefficient (Wildman–Crippen LogP) is 3.78. The SMILES string of the molecule is CCOC(=O)C1([Si](C)(C)C)C2C1C1C2C1(C(=O)OCC)[Si](C)(C)C. The monoisotopic (exact) mass is 368 g/mol. The van der Waals surface area contributed by atoms with Crippen molar-refractivity contribution in [1.29, 1.82) is 0 Å². The van der Waals surface area contributed by atoms with Gasteiger partial charge in [-0.1, -0.05) is 39.3 Å². The second-order valence-corrected chi connectivity index (χ2v) is 20.4. The van der Waals surface area contributed by atoms with Crippen LogP contribution in [-0.4, -0.2) is 41.3 Å². The summed E-state index contributed by atoms with van der Waals surface area (Å²) in [6, 6.07) is 0. The molecule has 24 heavy (non-hydrogen) atoms. The maximum atomic E-state index is 12.9. The third-order valence-corrected chi connectivity index (χ3v) is 13.8. The van der Waals surface area contributed by atoms with Crippen LogP contribution in [-0.2, 0) is 19.1 Å². The lowest BCUT2D eigenvalue weighted by Crippen LogP contribution is -2.43. The van der Waals surface area contributed by atoms with Crippen molar-refractivity contribution in [2.45, 2.75) is 63.2 Å². The summed E-state index contributed by atoms with van der Waals surface area (Å²) in [6.07, 6.45) is 0. The largest absolute Gasteiger partial charge is 0.466 e. The molecule has 3 rings (SSSR count). The molecule has 4 nitrogen and oxygen atoms in total. The molecule has 0 atom stereocenters. The molecule has 0 radical (unpaired) electrons. The van der Waals surface area contributed by atoms with E-state index >= 15 is 0 Å². The summed E-state index contributed by atoms with van der Waals surface area (Å²) >= 11 is 0. The van der Waals surface area contributed by atoms with Gasteiger partial charge in [-0.15, -0.1) is 0 Å². The molecule has 136 valence electrons. The van der Waals surface area contributed by atoms with E-state index in [2.05, 4.69) is 39.3 Å². The fraction of sp³-hybridized carbons (Fsp3) is 0.889. The summed E-state index contributed by atoms with van der Waals surface area (Å²) in [5.41, 5.74) is 0. The highest BCUT2D eigenvalue weighted by Crippen LogP contribution is 3.01. The van der Waals surface area contributed by atoms with Crippen LogP contribution in [0.3, 0.4) is 0 Å². The maximum absolute atomic E-state index is 12.9. The van der Waals surface area contributed by atoms with Crippen LogP contribution in [0.15, 0.2) is 0 Å². The molecule has 3 fully saturated rings. The highest BCUT2D eigenvalue weighted by molar-refractivity contribution is 6.85. The molecule has 0 bridgehead atoms. The molecule has 0 saturated heterocycles. The van der Waals surface area contributed by atoms with E-state index in [1.807, 2.05) is 13.8 Å². The first-order valence-electron chi connectivity index (χ1n) is 9.30. The average molecular weight is 369 g/mol. The normalized spacial score (nSPS) is 42.3. The highest BCUT2D eigenvalue weighted by Gasteiger charge is 3.01. The number of carbonyl (C=O) groups is 2. The molecule has 3 aliphatic carbocycles. The van der Waals surface area contributed by atoms with Gasteiger partial charge in [0.05, 0.1) is 39.4 Å². The number of carbonyl (C=O) groups excluding carboxylic acids is 2. The molecule has 0 N–H and O–H groups in total. The van der Waals surface area contributed by atoms with Gasteiger partial charge >= 0.3 is 11.9 Å². The summed E-state index contributed by atoms with van der Waals surface area (Å²) in [6.45, 7) is 18.3. The Morgan fingerprint density at radius 3 is 1.12 bits per heavy atom. The standard InChI is InChI=1S/C18H32O4Si2/c1-9-21-15(19)17(23(3,4)5)11-12(17)14-13(11)18(14,24(6,7)8)16(20)22-10-2/h11-14H,9-10H2,1-8H3. The van der Waals surface area contributed by atoms with Crippen LogP contribution in [0.4, 0.5) is 0 Å². The van der Waals surface area contributed by atoms with Crippen LogP contribution < -0.4 is 0 Å². The zero-order valence-corrected chi connectivity index (χ0v) is 18.4. The minimum absolute atomic E-state index is 0.0136. The van der Waals surface area contributed by atoms with Crippen LogP contribution >= 0.6 is 0 Å². The predicted molar refractivity (Wildman–Crippen MR) is 99.3 cm³/mol. The second kappa shape index (κ2) is 4.96. The molecule has 0 spiro atoms. The van der Waals surface area contributed by atoms with Crippen molar-refractivity contribution in [3.05, 3.63) is 0 Å². The van der Waals surface area contributed by atoms with E-state index in [0.29, 0.717) is 36.9 Å². The van der Waals surface area contributed by atoms with E-state index < -0.39 is 16.1 Å². The molecule has 0 aromatic heterocycles. The third kappa shape index (κ3) is 1.74. The summed E-state index contributed by atoms with van der Waals surface area (Å²) < 4.78 is 11.0. The van der Waals surface area contributed by atoms with Gasteiger partial charge in [0.15, 0.2) is 0 Å². The smallest absolute Gasteiger partial charge is 0.309 e. The highest BCUT2D eigenvalue weighted by atomic mass is 28.3. The molecular formula is C18H32O4Si2. The zero-order chi connectivity index (χ0) is 18.3. The van der Waals surface area contributed by atoms with Crippen LogP contribution in [0.5, 0.6) is 0 Å². The Labute approximate surface area is 147 Å². The Morgan fingerprint density at radius 2 is 0.958 bits per heavy atom. The Balaban J connectivity index is 1.93. The van der Waals surface area contributed by atoms with Crippen molar-refractivity contribution in [3.8, 4) is 0 Å². The van der Waals surface area contributed by atoms with Gasteiger partial charge in [-0.3, -0.25) is 9.59 Å². The molecule has 0 aliphatic heterocycles. The Bertz CT molecular complexity index is 511. The number of esters is 2. The number of fused-ring (bicyclic) bond motifs is 4. The van der Waals surface area contributed by atoms with Crippen molar-refractivity contribution in [1.82, 2.24) is 0 Å². The van der Waals surface area contributed by atoms with E-state index in [-0.39, 0.29) is 22.0 Å². The maximum Gasteiger partial charge on any atom is 0.309 e. The lowest BCUT2D eigenvalue weighted by Gasteiger charge is -2.33. The molecule has 3 saturated carbocycles. The fourth-order valence-corrected chi connectivity index (χ4v) is 13.1. The molecular weight excluding hydrogens is 336 g/mol. The number of hydrogen-bond donors (Lipinski definition) is 0. The van der Waals surface area contributed by atoms with Gasteiger partial charge < -0.3 is 9.47 Å². The summed E-state index contributed by atoms with van der Waals surface area (Å²) in [5, 5.41) is -0.512. The first kappa shape index (κ1) is 18.2. The van der Waals surface area contributed by atoms with Crippen molar-refractivity contribution in [2.75, 3.05) is 13.2 Å². The summed E-state index contributed by atoms with van der Waals surface area (Å²) in [5.74, 6) is 1.49. The second-order valence-electron chi connectivity index (χ2n) is 9.78. The quantitative estimate of drug-likeness (QED) is 0.529. The van der Waals surface area contributed by atoms with Crippen LogP contribution in [0, 0.1) is 23.7 Å². The Hall–Kier alpha value is -0.626. The van der Waals surface area contributed by atoms with E-state index in [4.69, 9.17) is 9.47 Å². The van der Waals surface area contributed by atoms with E-state index in [1.54, 1.807) is 0 Å². The minimum atomic E-state index is -1.74. The van der Waals surface area contributed by atoms with Gasteiger partial charge in [0.2, 0.25) is 0 Å². The lowest BCUT2D eigenvalue weighted by atomic mass is 10.0. The number of ether oxygens (including phenoxy) is 2. The summed E-state index contributed by atoms with van der Waals surface area (Å²) in [4.78, 5) is 25.7. The van der Waals surface area contributed by atoms with Crippen LogP contribution in [0.25, 0.3) is 0 Å². The van der Waals surface area contributed by atoms with Crippen molar-refractivity contribution in [3.63, 3.8) is 0 Å². The molecule has 3 aliphatic rings. The van der Waals surface area contributed by atoms with Gasteiger partial charge in [-0.05, 0) is 37.5 Å². The Morgan fingerprint density at radius 1 is 0.708 bits per heavy atom. The number of rotatable bonds is 6. The minimum Gasteiger partial charge on any atom is -0.466 e. The van der Waals surface area contributed by atoms with Crippen LogP contribution in [0.1, 0.15) is 13.8 Å². The first-order chi connectivity index (χ1) is 11.0. The van der Waals surface area contributed by atoms with Gasteiger partial charge in [0.25, 0.3) is 0 Å². The third-order valence-electron chi connectivity index (χ3n) is 7.14. The van der Waals surface area contributed by atoms with E-state index in [0.717, 1.165) is 0 Å². The van der Waals surface area contributed by atoms with Crippen LogP contribution in [0.2, 0.25) is 49.4 Å².